The second-order valence-electron chi connectivity index (χ2n) is 7.06. The number of amides is 1. The van der Waals surface area contributed by atoms with Crippen LogP contribution >= 0.6 is 11.6 Å². The molecule has 0 aliphatic heterocycles. The first kappa shape index (κ1) is 23.4. The molecular formula is C23H23ClN2O5S. The maximum Gasteiger partial charge on any atom is 0.262 e. The molecule has 168 valence electrons. The van der Waals surface area contributed by atoms with Gasteiger partial charge in [0.2, 0.25) is 0 Å². The number of rotatable bonds is 8. The number of ether oxygens (including phenoxy) is 2. The van der Waals surface area contributed by atoms with Gasteiger partial charge in [0.15, 0.2) is 6.61 Å². The van der Waals surface area contributed by atoms with Crippen LogP contribution in [0.2, 0.25) is 5.02 Å². The van der Waals surface area contributed by atoms with Crippen molar-refractivity contribution in [1.82, 2.24) is 0 Å². The largest absolute Gasteiger partial charge is 0.497 e. The summed E-state index contributed by atoms with van der Waals surface area (Å²) in [5, 5.41) is 3.26. The second kappa shape index (κ2) is 9.93. The van der Waals surface area contributed by atoms with Crippen LogP contribution in [-0.4, -0.2) is 28.0 Å². The van der Waals surface area contributed by atoms with Gasteiger partial charge >= 0.3 is 0 Å². The third-order valence-corrected chi connectivity index (χ3v) is 6.40. The van der Waals surface area contributed by atoms with Crippen LogP contribution in [0.15, 0.2) is 65.6 Å². The molecule has 0 aliphatic rings. The third-order valence-electron chi connectivity index (χ3n) is 4.61. The SMILES string of the molecule is COc1ccc(NS(=O)(=O)c2ccc(OCC(=O)Nc3ccc(C)c(Cl)c3)c(C)c2)cc1. The standard InChI is InChI=1S/C23H23ClN2O5S/c1-15-4-5-18(13-21(15)24)25-23(27)14-31-22-11-10-20(12-16(22)2)32(28,29)26-17-6-8-19(30-3)9-7-17/h4-13,26H,14H2,1-3H3,(H,25,27). The zero-order valence-electron chi connectivity index (χ0n) is 17.8. The van der Waals surface area contributed by atoms with Crippen LogP contribution in [0.4, 0.5) is 11.4 Å². The highest BCUT2D eigenvalue weighted by Crippen LogP contribution is 2.25. The van der Waals surface area contributed by atoms with Crippen molar-refractivity contribution in [3.8, 4) is 11.5 Å². The molecule has 3 aromatic carbocycles. The van der Waals surface area contributed by atoms with E-state index in [1.54, 1.807) is 43.3 Å². The van der Waals surface area contributed by atoms with Gasteiger partial charge in [0.1, 0.15) is 11.5 Å². The lowest BCUT2D eigenvalue weighted by molar-refractivity contribution is -0.118. The van der Waals surface area contributed by atoms with Crippen molar-refractivity contribution in [2.24, 2.45) is 0 Å². The number of aryl methyl sites for hydroxylation is 2. The number of carbonyl (C=O) groups is 1. The lowest BCUT2D eigenvalue weighted by Gasteiger charge is -2.13. The van der Waals surface area contributed by atoms with E-state index >= 15 is 0 Å². The molecule has 2 N–H and O–H groups in total. The van der Waals surface area contributed by atoms with Crippen LogP contribution in [0.1, 0.15) is 11.1 Å². The van der Waals surface area contributed by atoms with Crippen LogP contribution in [0, 0.1) is 13.8 Å². The van der Waals surface area contributed by atoms with E-state index in [1.807, 2.05) is 13.0 Å². The van der Waals surface area contributed by atoms with E-state index in [0.29, 0.717) is 33.5 Å². The molecule has 3 aromatic rings. The van der Waals surface area contributed by atoms with Gasteiger partial charge in [-0.2, -0.15) is 0 Å². The van der Waals surface area contributed by atoms with E-state index in [4.69, 9.17) is 21.1 Å². The van der Waals surface area contributed by atoms with E-state index in [-0.39, 0.29) is 17.4 Å². The van der Waals surface area contributed by atoms with Crippen molar-refractivity contribution >= 4 is 38.9 Å². The Bertz CT molecular complexity index is 1230. The molecule has 32 heavy (non-hydrogen) atoms. The van der Waals surface area contributed by atoms with Gasteiger partial charge in [-0.05, 0) is 79.6 Å². The van der Waals surface area contributed by atoms with Gasteiger partial charge in [0, 0.05) is 16.4 Å². The maximum atomic E-state index is 12.7. The molecule has 7 nitrogen and oxygen atoms in total. The molecule has 9 heteroatoms. The Hall–Kier alpha value is -3.23. The summed E-state index contributed by atoms with van der Waals surface area (Å²) in [5.41, 5.74) is 2.47. The molecule has 0 radical (unpaired) electrons. The fraction of sp³-hybridized carbons (Fsp3) is 0.174. The van der Waals surface area contributed by atoms with Gasteiger partial charge in [0.25, 0.3) is 15.9 Å². The van der Waals surface area contributed by atoms with Crippen LogP contribution in [0.3, 0.4) is 0 Å². The van der Waals surface area contributed by atoms with E-state index in [2.05, 4.69) is 10.0 Å². The first-order valence-electron chi connectivity index (χ1n) is 9.64. The van der Waals surface area contributed by atoms with Crippen molar-refractivity contribution in [3.05, 3.63) is 76.8 Å². The maximum absolute atomic E-state index is 12.7. The molecule has 0 saturated heterocycles. The molecule has 0 unspecified atom stereocenters. The van der Waals surface area contributed by atoms with Gasteiger partial charge in [-0.3, -0.25) is 9.52 Å². The van der Waals surface area contributed by atoms with Crippen molar-refractivity contribution in [3.63, 3.8) is 0 Å². The van der Waals surface area contributed by atoms with Gasteiger partial charge < -0.3 is 14.8 Å². The van der Waals surface area contributed by atoms with E-state index in [1.165, 1.54) is 25.3 Å². The zero-order chi connectivity index (χ0) is 23.3. The smallest absolute Gasteiger partial charge is 0.262 e. The highest BCUT2D eigenvalue weighted by atomic mass is 35.5. The van der Waals surface area contributed by atoms with Crippen LogP contribution in [0.25, 0.3) is 0 Å². The number of hydrogen-bond donors (Lipinski definition) is 2. The second-order valence-corrected chi connectivity index (χ2v) is 9.15. The zero-order valence-corrected chi connectivity index (χ0v) is 19.4. The fourth-order valence-electron chi connectivity index (χ4n) is 2.84. The van der Waals surface area contributed by atoms with Gasteiger partial charge in [-0.15, -0.1) is 0 Å². The van der Waals surface area contributed by atoms with Crippen LogP contribution < -0.4 is 19.5 Å². The lowest BCUT2D eigenvalue weighted by atomic mass is 10.2. The average molecular weight is 475 g/mol. The number of carbonyl (C=O) groups excluding carboxylic acids is 1. The third kappa shape index (κ3) is 5.93. The number of nitrogens with one attached hydrogen (secondary N) is 2. The van der Waals surface area contributed by atoms with Crippen LogP contribution in [-0.2, 0) is 14.8 Å². The predicted molar refractivity (Wildman–Crippen MR) is 125 cm³/mol. The van der Waals surface area contributed by atoms with Crippen LogP contribution in [0.5, 0.6) is 11.5 Å². The highest BCUT2D eigenvalue weighted by molar-refractivity contribution is 7.92. The summed E-state index contributed by atoms with van der Waals surface area (Å²) >= 11 is 6.06. The van der Waals surface area contributed by atoms with Gasteiger partial charge in [-0.1, -0.05) is 17.7 Å². The Morgan fingerprint density at radius 1 is 0.938 bits per heavy atom. The van der Waals surface area contributed by atoms with Crippen molar-refractivity contribution in [2.45, 2.75) is 18.7 Å². The van der Waals surface area contributed by atoms with Gasteiger partial charge in [-0.25, -0.2) is 8.42 Å². The molecule has 3 rings (SSSR count). The molecule has 0 heterocycles. The van der Waals surface area contributed by atoms with Crippen molar-refractivity contribution < 1.29 is 22.7 Å². The van der Waals surface area contributed by atoms with E-state index in [9.17, 15) is 13.2 Å². The minimum Gasteiger partial charge on any atom is -0.497 e. The quantitative estimate of drug-likeness (QED) is 0.490. The number of methoxy groups -OCH3 is 1. The Balaban J connectivity index is 1.63. The first-order chi connectivity index (χ1) is 15.2. The Labute approximate surface area is 192 Å². The Morgan fingerprint density at radius 2 is 1.62 bits per heavy atom. The van der Waals surface area contributed by atoms with E-state index < -0.39 is 10.0 Å². The minimum absolute atomic E-state index is 0.0805. The summed E-state index contributed by atoms with van der Waals surface area (Å²) in [6.45, 7) is 3.35. The molecule has 0 atom stereocenters. The normalized spacial score (nSPS) is 11.0. The summed E-state index contributed by atoms with van der Waals surface area (Å²) in [7, 11) is -2.25. The number of sulfonamides is 1. The highest BCUT2D eigenvalue weighted by Gasteiger charge is 2.16. The number of hydrogen-bond acceptors (Lipinski definition) is 5. The number of anilines is 2. The lowest BCUT2D eigenvalue weighted by Crippen LogP contribution is -2.20. The molecule has 0 fully saturated rings. The topological polar surface area (TPSA) is 93.7 Å². The number of benzene rings is 3. The summed E-state index contributed by atoms with van der Waals surface area (Å²) in [4.78, 5) is 12.3. The minimum atomic E-state index is -3.79. The van der Waals surface area contributed by atoms with Gasteiger partial charge in [0.05, 0.1) is 12.0 Å². The number of halogens is 1. The predicted octanol–water partition coefficient (Wildman–Crippen LogP) is 4.78. The molecule has 0 spiro atoms. The molecule has 0 saturated carbocycles. The fourth-order valence-corrected chi connectivity index (χ4v) is 4.16. The molecule has 0 aliphatic carbocycles. The summed E-state index contributed by atoms with van der Waals surface area (Å²) in [6, 6.07) is 16.2. The molecule has 0 aromatic heterocycles. The first-order valence-corrected chi connectivity index (χ1v) is 11.5. The summed E-state index contributed by atoms with van der Waals surface area (Å²) in [6.07, 6.45) is 0. The monoisotopic (exact) mass is 474 g/mol. The average Bonchev–Trinajstić information content (AvgIpc) is 2.75. The van der Waals surface area contributed by atoms with Crippen molar-refractivity contribution in [1.29, 1.82) is 0 Å². The molecule has 1 amide bonds. The molecule has 0 bridgehead atoms. The van der Waals surface area contributed by atoms with Crippen molar-refractivity contribution in [2.75, 3.05) is 23.8 Å². The summed E-state index contributed by atoms with van der Waals surface area (Å²) in [5.74, 6) is 0.674. The Morgan fingerprint density at radius 3 is 2.25 bits per heavy atom. The summed E-state index contributed by atoms with van der Waals surface area (Å²) < 4.78 is 38.5. The Kier molecular flexibility index (Phi) is 7.27. The van der Waals surface area contributed by atoms with E-state index in [0.717, 1.165) is 5.56 Å². The molecular weight excluding hydrogens is 452 g/mol.